The minimum absolute atomic E-state index is 0. The van der Waals surface area contributed by atoms with E-state index >= 15 is 0 Å². The predicted molar refractivity (Wildman–Crippen MR) is 94.1 cm³/mol. The number of hydrogen-bond donors (Lipinski definition) is 0. The van der Waals surface area contributed by atoms with Gasteiger partial charge >= 0.3 is 21.7 Å². The molecule has 0 bridgehead atoms. The molecule has 2 aromatic rings. The first-order valence-corrected chi connectivity index (χ1v) is 7.28. The summed E-state index contributed by atoms with van der Waals surface area (Å²) in [5.41, 5.74) is 2.97. The molecule has 0 aliphatic heterocycles. The Hall–Kier alpha value is -0.586. The Kier molecular flexibility index (Phi) is 21.1. The largest absolute Gasteiger partial charge is 4.00 e. The molecule has 0 aliphatic rings. The van der Waals surface area contributed by atoms with Crippen molar-refractivity contribution in [3.05, 3.63) is 74.5 Å². The molecular weight excluding hydrogens is 288 g/mol. The van der Waals surface area contributed by atoms with E-state index in [-0.39, 0.29) is 36.6 Å². The van der Waals surface area contributed by atoms with Crippen molar-refractivity contribution in [2.45, 2.75) is 52.4 Å². The number of rotatable bonds is 6. The van der Waals surface area contributed by atoms with Gasteiger partial charge in [-0.2, -0.15) is 35.4 Å². The molecule has 0 saturated carbocycles. The summed E-state index contributed by atoms with van der Waals surface area (Å²) in [5.74, 6) is 0. The Labute approximate surface area is 148 Å². The fraction of sp³-hybridized carbons (Fsp3) is 0.400. The summed E-state index contributed by atoms with van der Waals surface area (Å²) in [6.45, 7) is 4.45. The van der Waals surface area contributed by atoms with Gasteiger partial charge in [0, 0.05) is 0 Å². The normalized spacial score (nSPS) is 8.48. The van der Waals surface area contributed by atoms with Gasteiger partial charge in [-0.1, -0.05) is 52.4 Å². The van der Waals surface area contributed by atoms with Crippen LogP contribution < -0.4 is 0 Å². The van der Waals surface area contributed by atoms with Gasteiger partial charge in [-0.3, -0.25) is 0 Å². The second kappa shape index (κ2) is 17.5. The molecule has 0 amide bonds. The SMILES string of the molecule is CCCC[c-]1cccc1.CCCC[c-]1cccc1.[CH3-].[CH3-].[Ti+4]. The van der Waals surface area contributed by atoms with Gasteiger partial charge in [0.25, 0.3) is 0 Å². The second-order valence-corrected chi connectivity index (χ2v) is 4.79. The van der Waals surface area contributed by atoms with Gasteiger partial charge in [0.05, 0.1) is 0 Å². The molecule has 0 heterocycles. The third-order valence-electron chi connectivity index (χ3n) is 3.10. The third-order valence-corrected chi connectivity index (χ3v) is 3.10. The van der Waals surface area contributed by atoms with Crippen LogP contribution in [0.1, 0.15) is 50.7 Å². The first-order valence-electron chi connectivity index (χ1n) is 7.28. The molecule has 0 saturated heterocycles. The summed E-state index contributed by atoms with van der Waals surface area (Å²) in [6, 6.07) is 17.2. The van der Waals surface area contributed by atoms with Crippen molar-refractivity contribution >= 4 is 0 Å². The van der Waals surface area contributed by atoms with Crippen molar-refractivity contribution in [1.82, 2.24) is 0 Å². The van der Waals surface area contributed by atoms with E-state index in [4.69, 9.17) is 0 Å². The standard InChI is InChI=1S/2C9H13.2CH3.Ti/c2*1-2-3-6-9-7-4-5-8-9;;;/h2*4-5,7-8H,2-3,6H2,1H3;2*1H3;/q4*-1;+4. The van der Waals surface area contributed by atoms with E-state index in [0.717, 1.165) is 0 Å². The van der Waals surface area contributed by atoms with Gasteiger partial charge in [-0.15, -0.1) is 0 Å². The molecule has 0 aliphatic carbocycles. The molecule has 2 rings (SSSR count). The number of aryl methyl sites for hydroxylation is 2. The van der Waals surface area contributed by atoms with E-state index in [1.165, 1.54) is 49.7 Å². The molecule has 0 unspecified atom stereocenters. The molecular formula is C20H32Ti. The maximum Gasteiger partial charge on any atom is 4.00 e. The monoisotopic (exact) mass is 320 g/mol. The van der Waals surface area contributed by atoms with Crippen LogP contribution in [0.3, 0.4) is 0 Å². The molecule has 21 heavy (non-hydrogen) atoms. The summed E-state index contributed by atoms with van der Waals surface area (Å²) >= 11 is 0. The Bertz CT molecular complexity index is 318. The van der Waals surface area contributed by atoms with Crippen LogP contribution in [-0.2, 0) is 34.6 Å². The fourth-order valence-electron chi connectivity index (χ4n) is 1.92. The average molecular weight is 320 g/mol. The van der Waals surface area contributed by atoms with E-state index in [9.17, 15) is 0 Å². The summed E-state index contributed by atoms with van der Waals surface area (Å²) in [7, 11) is 0. The van der Waals surface area contributed by atoms with E-state index < -0.39 is 0 Å². The van der Waals surface area contributed by atoms with Crippen LogP contribution in [0, 0.1) is 14.9 Å². The van der Waals surface area contributed by atoms with Crippen molar-refractivity contribution in [2.75, 3.05) is 0 Å². The molecule has 2 aromatic carbocycles. The molecule has 0 N–H and O–H groups in total. The number of hydrogen-bond acceptors (Lipinski definition) is 0. The van der Waals surface area contributed by atoms with E-state index in [2.05, 4.69) is 62.4 Å². The van der Waals surface area contributed by atoms with Crippen molar-refractivity contribution in [3.63, 3.8) is 0 Å². The quantitative estimate of drug-likeness (QED) is 0.427. The van der Waals surface area contributed by atoms with E-state index in [0.29, 0.717) is 0 Å². The summed E-state index contributed by atoms with van der Waals surface area (Å²) < 4.78 is 0. The Morgan fingerprint density at radius 2 is 0.905 bits per heavy atom. The summed E-state index contributed by atoms with van der Waals surface area (Å²) in [4.78, 5) is 0. The predicted octanol–water partition coefficient (Wildman–Crippen LogP) is 6.39. The van der Waals surface area contributed by atoms with Crippen molar-refractivity contribution < 1.29 is 21.7 Å². The molecule has 0 atom stereocenters. The Morgan fingerprint density at radius 1 is 0.619 bits per heavy atom. The molecule has 0 radical (unpaired) electrons. The Balaban J connectivity index is -0.000000270. The van der Waals surface area contributed by atoms with Gasteiger partial charge in [0.1, 0.15) is 0 Å². The van der Waals surface area contributed by atoms with Crippen molar-refractivity contribution in [2.24, 2.45) is 0 Å². The zero-order valence-corrected chi connectivity index (χ0v) is 15.9. The molecule has 0 spiro atoms. The van der Waals surface area contributed by atoms with Gasteiger partial charge in [0.2, 0.25) is 0 Å². The zero-order chi connectivity index (χ0) is 13.1. The van der Waals surface area contributed by atoms with Crippen LogP contribution in [0.2, 0.25) is 0 Å². The van der Waals surface area contributed by atoms with Crippen LogP contribution in [0.4, 0.5) is 0 Å². The first kappa shape index (κ1) is 25.4. The molecule has 1 heteroatoms. The summed E-state index contributed by atoms with van der Waals surface area (Å²) in [5, 5.41) is 0. The van der Waals surface area contributed by atoms with Crippen molar-refractivity contribution in [3.8, 4) is 0 Å². The van der Waals surface area contributed by atoms with E-state index in [1.54, 1.807) is 0 Å². The van der Waals surface area contributed by atoms with Gasteiger partial charge in [-0.05, 0) is 0 Å². The van der Waals surface area contributed by atoms with E-state index in [1.807, 2.05) is 0 Å². The fourth-order valence-corrected chi connectivity index (χ4v) is 1.92. The van der Waals surface area contributed by atoms with Crippen LogP contribution in [0.5, 0.6) is 0 Å². The van der Waals surface area contributed by atoms with Crippen LogP contribution in [0.15, 0.2) is 48.5 Å². The second-order valence-electron chi connectivity index (χ2n) is 4.79. The smallest absolute Gasteiger partial charge is 0.358 e. The topological polar surface area (TPSA) is 0 Å². The molecule has 0 fully saturated rings. The third kappa shape index (κ3) is 12.8. The molecule has 0 nitrogen and oxygen atoms in total. The average Bonchev–Trinajstić information content (AvgIpc) is 3.07. The van der Waals surface area contributed by atoms with Gasteiger partial charge in [-0.25, -0.2) is 24.3 Å². The van der Waals surface area contributed by atoms with Crippen LogP contribution in [-0.4, -0.2) is 0 Å². The van der Waals surface area contributed by atoms with Gasteiger partial charge in [0.15, 0.2) is 0 Å². The van der Waals surface area contributed by atoms with Crippen LogP contribution >= 0.6 is 0 Å². The maximum absolute atomic E-state index is 2.23. The zero-order valence-electron chi connectivity index (χ0n) is 14.4. The first-order chi connectivity index (χ1) is 8.86. The van der Waals surface area contributed by atoms with Gasteiger partial charge < -0.3 is 14.9 Å². The summed E-state index contributed by atoms with van der Waals surface area (Å²) in [6.07, 6.45) is 7.75. The molecule has 116 valence electrons. The van der Waals surface area contributed by atoms with Crippen molar-refractivity contribution in [1.29, 1.82) is 0 Å². The van der Waals surface area contributed by atoms with Crippen LogP contribution in [0.25, 0.3) is 0 Å². The molecule has 0 aromatic heterocycles. The Morgan fingerprint density at radius 3 is 1.14 bits per heavy atom. The number of unbranched alkanes of at least 4 members (excludes halogenated alkanes) is 2. The minimum Gasteiger partial charge on any atom is -0.358 e. The maximum atomic E-state index is 2.23. The minimum atomic E-state index is 0.